The predicted molar refractivity (Wildman–Crippen MR) is 63.7 cm³/mol. The van der Waals surface area contributed by atoms with E-state index in [-0.39, 0.29) is 32.2 Å². The van der Waals surface area contributed by atoms with Gasteiger partial charge in [-0.25, -0.2) is 0 Å². The SMILES string of the molecule is C[C]1[C](C)C(C)=C(C)[C]1C.[Al+3].[CH3-].[CH3-]. The molecule has 0 aromatic rings. The molecule has 0 bridgehead atoms. The van der Waals surface area contributed by atoms with E-state index in [1.165, 1.54) is 28.9 Å². The quantitative estimate of drug-likeness (QED) is 0.406. The first kappa shape index (κ1) is 18.9. The van der Waals surface area contributed by atoms with Gasteiger partial charge in [0.2, 0.25) is 0 Å². The largest absolute Gasteiger partial charge is 3.00 e. The van der Waals surface area contributed by atoms with Crippen molar-refractivity contribution in [1.29, 1.82) is 0 Å². The summed E-state index contributed by atoms with van der Waals surface area (Å²) in [5.41, 5.74) is 2.94. The first-order valence-corrected chi connectivity index (χ1v) is 3.75. The Morgan fingerprint density at radius 3 is 0.846 bits per heavy atom. The normalized spacial score (nSPS) is 19.2. The Morgan fingerprint density at radius 1 is 0.538 bits per heavy atom. The fraction of sp³-hybridized carbons (Fsp3) is 0.417. The molecule has 13 heavy (non-hydrogen) atoms. The molecule has 0 spiro atoms. The van der Waals surface area contributed by atoms with Crippen LogP contribution in [0.15, 0.2) is 11.1 Å². The summed E-state index contributed by atoms with van der Waals surface area (Å²) in [4.78, 5) is 0. The van der Waals surface area contributed by atoms with Gasteiger partial charge in [0.1, 0.15) is 0 Å². The zero-order valence-electron chi connectivity index (χ0n) is 10.1. The van der Waals surface area contributed by atoms with E-state index >= 15 is 0 Å². The molecule has 0 saturated heterocycles. The number of hydrogen-bond donors (Lipinski definition) is 0. The summed E-state index contributed by atoms with van der Waals surface area (Å²) in [6.07, 6.45) is 0. The van der Waals surface area contributed by atoms with Gasteiger partial charge in [-0.2, -0.15) is 0 Å². The van der Waals surface area contributed by atoms with E-state index in [2.05, 4.69) is 34.6 Å². The minimum absolute atomic E-state index is 0. The summed E-state index contributed by atoms with van der Waals surface area (Å²) in [6, 6.07) is 0. The Balaban J connectivity index is -0.000000333. The molecule has 0 nitrogen and oxygen atoms in total. The molecule has 0 aromatic heterocycles. The molecule has 3 radical (unpaired) electrons. The van der Waals surface area contributed by atoms with Gasteiger partial charge in [0.25, 0.3) is 0 Å². The standard InChI is InChI=1S/C10H15.2CH3.Al/c1-6-7(2)9(4)10(5)8(6)3;;;/h1-5H3;2*1H3;/q;2*-1;+3. The summed E-state index contributed by atoms with van der Waals surface area (Å²) >= 11 is 0. The summed E-state index contributed by atoms with van der Waals surface area (Å²) in [6.45, 7) is 11.0. The second-order valence-electron chi connectivity index (χ2n) is 3.12. The van der Waals surface area contributed by atoms with Crippen LogP contribution in [-0.4, -0.2) is 17.4 Å². The molecule has 0 heterocycles. The fourth-order valence-corrected chi connectivity index (χ4v) is 1.41. The molecule has 0 amide bonds. The Bertz CT molecular complexity index is 152. The Kier molecular flexibility index (Phi) is 9.74. The summed E-state index contributed by atoms with van der Waals surface area (Å²) in [5, 5.41) is 0. The van der Waals surface area contributed by atoms with Crippen LogP contribution in [0, 0.1) is 32.6 Å². The second kappa shape index (κ2) is 6.69. The van der Waals surface area contributed by atoms with Gasteiger partial charge in [-0.15, -0.1) is 0 Å². The van der Waals surface area contributed by atoms with E-state index in [0.717, 1.165) is 0 Å². The minimum atomic E-state index is 0. The molecule has 0 atom stereocenters. The van der Waals surface area contributed by atoms with Crippen molar-refractivity contribution in [2.45, 2.75) is 34.6 Å². The first-order chi connectivity index (χ1) is 4.55. The van der Waals surface area contributed by atoms with E-state index < -0.39 is 0 Å². The van der Waals surface area contributed by atoms with Crippen LogP contribution in [0.25, 0.3) is 0 Å². The fourth-order valence-electron chi connectivity index (χ4n) is 1.41. The van der Waals surface area contributed by atoms with Crippen molar-refractivity contribution in [3.8, 4) is 0 Å². The van der Waals surface area contributed by atoms with Crippen LogP contribution in [0.1, 0.15) is 34.6 Å². The molecule has 0 fully saturated rings. The van der Waals surface area contributed by atoms with Crippen LogP contribution in [0.3, 0.4) is 0 Å². The summed E-state index contributed by atoms with van der Waals surface area (Å²) < 4.78 is 0. The van der Waals surface area contributed by atoms with Gasteiger partial charge in [0.15, 0.2) is 0 Å². The van der Waals surface area contributed by atoms with Gasteiger partial charge in [0, 0.05) is 11.8 Å². The van der Waals surface area contributed by atoms with Gasteiger partial charge in [0.05, 0.1) is 0 Å². The molecule has 0 unspecified atom stereocenters. The van der Waals surface area contributed by atoms with Crippen LogP contribution in [0.4, 0.5) is 0 Å². The van der Waals surface area contributed by atoms with Gasteiger partial charge in [-0.1, -0.05) is 31.9 Å². The molecule has 0 N–H and O–H groups in total. The van der Waals surface area contributed by atoms with Crippen LogP contribution >= 0.6 is 0 Å². The number of rotatable bonds is 0. The van der Waals surface area contributed by atoms with Crippen molar-refractivity contribution in [2.24, 2.45) is 0 Å². The third-order valence-electron chi connectivity index (χ3n) is 2.81. The van der Waals surface area contributed by atoms with E-state index in [9.17, 15) is 0 Å². The van der Waals surface area contributed by atoms with Crippen LogP contribution in [0.5, 0.6) is 0 Å². The molecule has 1 heteroatoms. The molecule has 0 saturated carbocycles. The van der Waals surface area contributed by atoms with E-state index in [4.69, 9.17) is 0 Å². The molecule has 1 rings (SSSR count). The monoisotopic (exact) mass is 192 g/mol. The van der Waals surface area contributed by atoms with Crippen LogP contribution < -0.4 is 0 Å². The van der Waals surface area contributed by atoms with Crippen molar-refractivity contribution in [3.63, 3.8) is 0 Å². The average Bonchev–Trinajstić information content (AvgIpc) is 2.07. The first-order valence-electron chi connectivity index (χ1n) is 3.75. The maximum atomic E-state index is 2.20. The molecular formula is C12H21Al+. The van der Waals surface area contributed by atoms with Gasteiger partial charge < -0.3 is 14.9 Å². The van der Waals surface area contributed by atoms with E-state index in [1.807, 2.05) is 0 Å². The number of hydrogen-bond acceptors (Lipinski definition) is 0. The molecular weight excluding hydrogens is 171 g/mol. The van der Waals surface area contributed by atoms with Crippen molar-refractivity contribution in [2.75, 3.05) is 0 Å². The van der Waals surface area contributed by atoms with Crippen LogP contribution in [-0.2, 0) is 0 Å². The molecule has 0 aromatic carbocycles. The smallest absolute Gasteiger partial charge is 0.358 e. The maximum absolute atomic E-state index is 2.20. The predicted octanol–water partition coefficient (Wildman–Crippen LogP) is 3.64. The third kappa shape index (κ3) is 3.15. The van der Waals surface area contributed by atoms with Crippen molar-refractivity contribution < 1.29 is 0 Å². The van der Waals surface area contributed by atoms with Gasteiger partial charge in [-0.3, -0.25) is 0 Å². The minimum Gasteiger partial charge on any atom is -0.358 e. The summed E-state index contributed by atoms with van der Waals surface area (Å²) in [5.74, 6) is 4.40. The molecule has 0 aliphatic heterocycles. The number of allylic oxidation sites excluding steroid dienone is 2. The topological polar surface area (TPSA) is 0 Å². The second-order valence-corrected chi connectivity index (χ2v) is 3.12. The molecule has 71 valence electrons. The zero-order chi connectivity index (χ0) is 7.89. The summed E-state index contributed by atoms with van der Waals surface area (Å²) in [7, 11) is 0. The van der Waals surface area contributed by atoms with E-state index in [0.29, 0.717) is 0 Å². The maximum Gasteiger partial charge on any atom is 3.00 e. The van der Waals surface area contributed by atoms with E-state index in [1.54, 1.807) is 0 Å². The van der Waals surface area contributed by atoms with Crippen molar-refractivity contribution in [1.82, 2.24) is 0 Å². The Hall–Kier alpha value is 0.272. The van der Waals surface area contributed by atoms with Crippen molar-refractivity contribution in [3.05, 3.63) is 43.8 Å². The molecule has 1 aliphatic carbocycles. The third-order valence-corrected chi connectivity index (χ3v) is 2.81. The zero-order valence-corrected chi connectivity index (χ0v) is 11.2. The molecule has 1 aliphatic rings. The Labute approximate surface area is 95.9 Å². The van der Waals surface area contributed by atoms with Crippen LogP contribution in [0.2, 0.25) is 0 Å². The van der Waals surface area contributed by atoms with Crippen molar-refractivity contribution >= 4 is 17.4 Å². The van der Waals surface area contributed by atoms with Gasteiger partial charge >= 0.3 is 17.4 Å². The Morgan fingerprint density at radius 2 is 0.769 bits per heavy atom. The van der Waals surface area contributed by atoms with Gasteiger partial charge in [-0.05, 0) is 19.8 Å². The average molecular weight is 192 g/mol.